The summed E-state index contributed by atoms with van der Waals surface area (Å²) < 4.78 is 6.83. The molecule has 5 nitrogen and oxygen atoms in total. The Labute approximate surface area is 165 Å². The smallest absolute Gasteiger partial charge is 0.198 e. The number of carbonyl (C=O) groups is 2. The minimum absolute atomic E-state index is 0.0358. The number of nitrogen functional groups attached to an aromatic ring is 1. The van der Waals surface area contributed by atoms with Gasteiger partial charge < -0.3 is 15.6 Å². The Kier molecular flexibility index (Phi) is 5.80. The van der Waals surface area contributed by atoms with Crippen LogP contribution in [-0.4, -0.2) is 27.7 Å². The number of aromatic hydroxyl groups is 1. The van der Waals surface area contributed by atoms with E-state index in [9.17, 15) is 14.7 Å². The summed E-state index contributed by atoms with van der Waals surface area (Å²) in [5.41, 5.74) is 6.82. The molecule has 0 aliphatic heterocycles. The van der Waals surface area contributed by atoms with Gasteiger partial charge in [-0.05, 0) is 17.3 Å². The van der Waals surface area contributed by atoms with Crippen molar-refractivity contribution in [3.63, 3.8) is 0 Å². The van der Waals surface area contributed by atoms with Crippen LogP contribution in [0.25, 0.3) is 0 Å². The van der Waals surface area contributed by atoms with Gasteiger partial charge in [-0.25, -0.2) is 0 Å². The molecule has 0 aromatic heterocycles. The average Bonchev–Trinajstić information content (AvgIpc) is 2.65. The summed E-state index contributed by atoms with van der Waals surface area (Å²) in [6.45, 7) is 0.447. The molecule has 0 amide bonds. The van der Waals surface area contributed by atoms with Crippen LogP contribution in [0.2, 0.25) is 0 Å². The van der Waals surface area contributed by atoms with E-state index >= 15 is 0 Å². The van der Waals surface area contributed by atoms with Gasteiger partial charge in [0.25, 0.3) is 0 Å². The molecule has 0 saturated heterocycles. The van der Waals surface area contributed by atoms with Gasteiger partial charge >= 0.3 is 0 Å². The number of ether oxygens (including phenoxy) is 1. The van der Waals surface area contributed by atoms with Crippen LogP contribution in [0.3, 0.4) is 0 Å². The van der Waals surface area contributed by atoms with Gasteiger partial charge in [0.05, 0.1) is 23.4 Å². The van der Waals surface area contributed by atoms with Gasteiger partial charge in [-0.3, -0.25) is 9.59 Å². The Balaban J connectivity index is 1.87. The summed E-state index contributed by atoms with van der Waals surface area (Å²) in [4.78, 5) is 25.5. The van der Waals surface area contributed by atoms with E-state index in [0.29, 0.717) is 12.2 Å². The number of fused-ring (bicyclic) bond motifs is 2. The normalized spacial score (nSPS) is 12.7. The second-order valence-corrected chi connectivity index (χ2v) is 7.29. The molecule has 3 N–H and O–H groups in total. The summed E-state index contributed by atoms with van der Waals surface area (Å²) in [7, 11) is 0. The van der Waals surface area contributed by atoms with E-state index < -0.39 is 5.78 Å². The Morgan fingerprint density at radius 2 is 1.58 bits per heavy atom. The summed E-state index contributed by atoms with van der Waals surface area (Å²) in [5.74, 6) is -0.794. The fourth-order valence-corrected chi connectivity index (χ4v) is 3.67. The third-order valence-electron chi connectivity index (χ3n) is 4.46. The molecule has 6 heteroatoms. The second kappa shape index (κ2) is 8.07. The lowest BCUT2D eigenvalue weighted by molar-refractivity contribution is 0.0977. The molecule has 3 rings (SSSR count). The Morgan fingerprint density at radius 1 is 0.962 bits per heavy atom. The van der Waals surface area contributed by atoms with Crippen molar-refractivity contribution < 1.29 is 19.4 Å². The zero-order chi connectivity index (χ0) is 18.7. The van der Waals surface area contributed by atoms with E-state index in [4.69, 9.17) is 10.5 Å². The summed E-state index contributed by atoms with van der Waals surface area (Å²) in [6, 6.07) is 7.88. The molecule has 0 fully saturated rings. The minimum Gasteiger partial charge on any atom is -0.507 e. The lowest BCUT2D eigenvalue weighted by atomic mass is 9.82. The Hall–Kier alpha value is -2.09. The van der Waals surface area contributed by atoms with E-state index in [1.165, 1.54) is 12.5 Å². The van der Waals surface area contributed by atoms with E-state index in [-0.39, 0.29) is 39.7 Å². The molecule has 0 heterocycles. The predicted molar refractivity (Wildman–Crippen MR) is 109 cm³/mol. The third kappa shape index (κ3) is 3.42. The highest BCUT2D eigenvalue weighted by molar-refractivity contribution is 14.1. The molecule has 2 aromatic rings. The summed E-state index contributed by atoms with van der Waals surface area (Å²) >= 11 is 2.35. The van der Waals surface area contributed by atoms with Gasteiger partial charge in [0.15, 0.2) is 11.6 Å². The molecular weight excluding hydrogens is 445 g/mol. The molecule has 0 unspecified atom stereocenters. The van der Waals surface area contributed by atoms with E-state index in [2.05, 4.69) is 22.6 Å². The Morgan fingerprint density at radius 3 is 2.23 bits per heavy atom. The fourth-order valence-electron chi connectivity index (χ4n) is 3.13. The highest BCUT2D eigenvalue weighted by Gasteiger charge is 2.35. The van der Waals surface area contributed by atoms with Crippen LogP contribution in [0.4, 0.5) is 5.69 Å². The topological polar surface area (TPSA) is 89.6 Å². The molecule has 0 atom stereocenters. The van der Waals surface area contributed by atoms with Gasteiger partial charge in [0.1, 0.15) is 11.5 Å². The first-order chi connectivity index (χ1) is 12.6. The van der Waals surface area contributed by atoms with Gasteiger partial charge in [-0.15, -0.1) is 0 Å². The van der Waals surface area contributed by atoms with Crippen LogP contribution < -0.4 is 10.5 Å². The Bertz CT molecular complexity index is 863. The number of halogens is 1. The predicted octanol–water partition coefficient (Wildman–Crippen LogP) is 4.12. The fraction of sp³-hybridized carbons (Fsp3) is 0.300. The number of ketones is 2. The maximum Gasteiger partial charge on any atom is 0.198 e. The molecule has 136 valence electrons. The van der Waals surface area contributed by atoms with Gasteiger partial charge in [0.2, 0.25) is 0 Å². The number of anilines is 1. The van der Waals surface area contributed by atoms with E-state index in [1.807, 2.05) is 0 Å². The molecule has 0 spiro atoms. The molecule has 0 bridgehead atoms. The van der Waals surface area contributed by atoms with Crippen molar-refractivity contribution in [2.24, 2.45) is 0 Å². The first-order valence-electron chi connectivity index (χ1n) is 8.59. The van der Waals surface area contributed by atoms with Crippen LogP contribution >= 0.6 is 22.6 Å². The van der Waals surface area contributed by atoms with Gasteiger partial charge in [-0.1, -0.05) is 59.7 Å². The number of rotatable bonds is 7. The van der Waals surface area contributed by atoms with Crippen molar-refractivity contribution >= 4 is 39.8 Å². The number of phenols is 1. The average molecular weight is 465 g/mol. The zero-order valence-corrected chi connectivity index (χ0v) is 16.4. The van der Waals surface area contributed by atoms with Crippen LogP contribution in [0.1, 0.15) is 57.5 Å². The maximum atomic E-state index is 12.8. The SMILES string of the molecule is Nc1c(OCCCCCCI)cc(O)c2c1C(=O)c1ccccc1C2=O. The van der Waals surface area contributed by atoms with Gasteiger partial charge in [-0.2, -0.15) is 0 Å². The van der Waals surface area contributed by atoms with Gasteiger partial charge in [0, 0.05) is 17.2 Å². The number of hydrogen-bond donors (Lipinski definition) is 2. The summed E-state index contributed by atoms with van der Waals surface area (Å²) in [6.07, 6.45) is 4.23. The number of unbranched alkanes of at least 4 members (excludes halogenated alkanes) is 3. The van der Waals surface area contributed by atoms with Crippen LogP contribution in [0, 0.1) is 0 Å². The number of alkyl halides is 1. The van der Waals surface area contributed by atoms with Crippen molar-refractivity contribution in [2.75, 3.05) is 16.8 Å². The molecule has 1 aliphatic carbocycles. The standard InChI is InChI=1S/C20H20INO4/c21-9-5-1-2-6-10-26-15-11-14(23)16-17(18(15)22)20(25)13-8-4-3-7-12(13)19(16)24/h3-4,7-8,11,23H,1-2,5-6,9-10,22H2. The molecule has 0 saturated carbocycles. The molecule has 0 radical (unpaired) electrons. The quantitative estimate of drug-likeness (QED) is 0.180. The highest BCUT2D eigenvalue weighted by atomic mass is 127. The summed E-state index contributed by atoms with van der Waals surface area (Å²) in [5, 5.41) is 10.3. The lowest BCUT2D eigenvalue weighted by Crippen LogP contribution is -2.23. The highest BCUT2D eigenvalue weighted by Crippen LogP contribution is 2.41. The molecular formula is C20H20INO4. The number of nitrogens with two attached hydrogens (primary N) is 1. The van der Waals surface area contributed by atoms with Crippen molar-refractivity contribution in [3.05, 3.63) is 52.6 Å². The molecule has 2 aromatic carbocycles. The van der Waals surface area contributed by atoms with E-state index in [1.54, 1.807) is 24.3 Å². The number of phenolic OH excluding ortho intramolecular Hbond substituents is 1. The molecule has 1 aliphatic rings. The number of benzene rings is 2. The number of hydrogen-bond acceptors (Lipinski definition) is 5. The van der Waals surface area contributed by atoms with Crippen molar-refractivity contribution in [1.82, 2.24) is 0 Å². The molecule has 26 heavy (non-hydrogen) atoms. The largest absolute Gasteiger partial charge is 0.507 e. The second-order valence-electron chi connectivity index (χ2n) is 6.21. The lowest BCUT2D eigenvalue weighted by Gasteiger charge is -2.21. The minimum atomic E-state index is -0.398. The van der Waals surface area contributed by atoms with Crippen molar-refractivity contribution in [3.8, 4) is 11.5 Å². The van der Waals surface area contributed by atoms with Crippen molar-refractivity contribution in [2.45, 2.75) is 25.7 Å². The third-order valence-corrected chi connectivity index (χ3v) is 5.23. The first kappa shape index (κ1) is 18.7. The van der Waals surface area contributed by atoms with Crippen LogP contribution in [-0.2, 0) is 0 Å². The van der Waals surface area contributed by atoms with E-state index in [0.717, 1.165) is 23.7 Å². The van der Waals surface area contributed by atoms with Crippen LogP contribution in [0.5, 0.6) is 11.5 Å². The zero-order valence-electron chi connectivity index (χ0n) is 14.3. The monoisotopic (exact) mass is 465 g/mol. The van der Waals surface area contributed by atoms with Crippen LogP contribution in [0.15, 0.2) is 30.3 Å². The maximum absolute atomic E-state index is 12.8. The van der Waals surface area contributed by atoms with Crippen molar-refractivity contribution in [1.29, 1.82) is 0 Å². The number of carbonyl (C=O) groups excluding carboxylic acids is 2. The first-order valence-corrected chi connectivity index (χ1v) is 10.1.